The maximum absolute atomic E-state index is 13.2. The van der Waals surface area contributed by atoms with Crippen LogP contribution in [0.5, 0.6) is 0 Å². The predicted octanol–water partition coefficient (Wildman–Crippen LogP) is 3.93. The van der Waals surface area contributed by atoms with E-state index >= 15 is 0 Å². The zero-order valence-corrected chi connectivity index (χ0v) is 10.6. The number of rotatable bonds is 5. The molecule has 1 aromatic carbocycles. The van der Waals surface area contributed by atoms with Gasteiger partial charge >= 0.3 is 0 Å². The summed E-state index contributed by atoms with van der Waals surface area (Å²) in [5.74, 6) is 0.267. The van der Waals surface area contributed by atoms with E-state index in [9.17, 15) is 4.39 Å². The van der Waals surface area contributed by atoms with Crippen molar-refractivity contribution in [3.63, 3.8) is 0 Å². The van der Waals surface area contributed by atoms with Crippen molar-refractivity contribution in [2.45, 2.75) is 39.7 Å². The number of anilines is 1. The van der Waals surface area contributed by atoms with Crippen molar-refractivity contribution in [3.8, 4) is 6.07 Å². The van der Waals surface area contributed by atoms with Crippen molar-refractivity contribution >= 4 is 5.69 Å². The number of nitrogens with one attached hydrogen (secondary N) is 1. The topological polar surface area (TPSA) is 35.8 Å². The summed E-state index contributed by atoms with van der Waals surface area (Å²) in [7, 11) is 0. The second kappa shape index (κ2) is 6.24. The van der Waals surface area contributed by atoms with Gasteiger partial charge in [-0.25, -0.2) is 4.39 Å². The summed E-state index contributed by atoms with van der Waals surface area (Å²) in [5, 5.41) is 12.0. The number of nitriles is 1. The lowest BCUT2D eigenvalue weighted by atomic mass is 10.00. The molecule has 0 aliphatic heterocycles. The first-order chi connectivity index (χ1) is 8.05. The van der Waals surface area contributed by atoms with E-state index in [0.29, 0.717) is 17.2 Å². The summed E-state index contributed by atoms with van der Waals surface area (Å²) >= 11 is 0. The number of hydrogen-bond donors (Lipinski definition) is 1. The molecule has 1 rings (SSSR count). The monoisotopic (exact) mass is 234 g/mol. The molecule has 0 saturated carbocycles. The zero-order valence-electron chi connectivity index (χ0n) is 10.6. The highest BCUT2D eigenvalue weighted by Crippen LogP contribution is 2.17. The molecule has 0 radical (unpaired) electrons. The van der Waals surface area contributed by atoms with E-state index in [4.69, 9.17) is 5.26 Å². The van der Waals surface area contributed by atoms with E-state index < -0.39 is 0 Å². The Bertz CT molecular complexity index is 409. The lowest BCUT2D eigenvalue weighted by molar-refractivity contribution is 0.483. The average molecular weight is 234 g/mol. The van der Waals surface area contributed by atoms with E-state index in [-0.39, 0.29) is 11.9 Å². The minimum absolute atomic E-state index is 0.276. The molecule has 17 heavy (non-hydrogen) atoms. The van der Waals surface area contributed by atoms with Gasteiger partial charge in [0.1, 0.15) is 5.82 Å². The second-order valence-corrected chi connectivity index (χ2v) is 4.63. The third kappa shape index (κ3) is 4.44. The molecule has 1 N–H and O–H groups in total. The van der Waals surface area contributed by atoms with Crippen LogP contribution in [0, 0.1) is 23.1 Å². The molecule has 0 bridgehead atoms. The van der Waals surface area contributed by atoms with Crippen molar-refractivity contribution in [1.29, 1.82) is 5.26 Å². The first-order valence-corrected chi connectivity index (χ1v) is 6.02. The van der Waals surface area contributed by atoms with Crippen molar-refractivity contribution in [2.24, 2.45) is 5.92 Å². The van der Waals surface area contributed by atoms with Crippen LogP contribution in [0.15, 0.2) is 18.2 Å². The Balaban J connectivity index is 2.68. The fourth-order valence-electron chi connectivity index (χ4n) is 1.85. The summed E-state index contributed by atoms with van der Waals surface area (Å²) in [6.07, 6.45) is 2.17. The van der Waals surface area contributed by atoms with Crippen molar-refractivity contribution in [3.05, 3.63) is 29.6 Å². The molecule has 92 valence electrons. The molecule has 0 fully saturated rings. The summed E-state index contributed by atoms with van der Waals surface area (Å²) in [6, 6.07) is 6.57. The van der Waals surface area contributed by atoms with E-state index in [1.54, 1.807) is 6.07 Å². The SMILES string of the molecule is CCC(C)CC(C)Nc1cc(F)cc(C#N)c1. The first kappa shape index (κ1) is 13.5. The molecule has 0 aromatic heterocycles. The maximum Gasteiger partial charge on any atom is 0.126 e. The molecule has 0 amide bonds. The molecule has 0 saturated heterocycles. The van der Waals surface area contributed by atoms with Gasteiger partial charge in [-0.1, -0.05) is 20.3 Å². The number of halogens is 1. The lowest BCUT2D eigenvalue weighted by Crippen LogP contribution is -2.18. The molecular weight excluding hydrogens is 215 g/mol. The summed E-state index contributed by atoms with van der Waals surface area (Å²) in [6.45, 7) is 6.43. The zero-order chi connectivity index (χ0) is 12.8. The van der Waals surface area contributed by atoms with Gasteiger partial charge in [-0.05, 0) is 37.5 Å². The normalized spacial score (nSPS) is 13.8. The third-order valence-corrected chi connectivity index (χ3v) is 2.89. The van der Waals surface area contributed by atoms with Gasteiger partial charge in [0.05, 0.1) is 11.6 Å². The Hall–Kier alpha value is -1.56. The van der Waals surface area contributed by atoms with Crippen LogP contribution in [0.1, 0.15) is 39.2 Å². The largest absolute Gasteiger partial charge is 0.382 e. The smallest absolute Gasteiger partial charge is 0.126 e. The standard InChI is InChI=1S/C14H19FN2/c1-4-10(2)5-11(3)17-14-7-12(9-16)6-13(15)8-14/h6-8,10-11,17H,4-5H2,1-3H3. The first-order valence-electron chi connectivity index (χ1n) is 6.02. The Morgan fingerprint density at radius 3 is 2.65 bits per heavy atom. The molecule has 0 aliphatic carbocycles. The van der Waals surface area contributed by atoms with Crippen molar-refractivity contribution < 1.29 is 4.39 Å². The van der Waals surface area contributed by atoms with Gasteiger partial charge in [-0.3, -0.25) is 0 Å². The third-order valence-electron chi connectivity index (χ3n) is 2.89. The second-order valence-electron chi connectivity index (χ2n) is 4.63. The number of nitrogens with zero attached hydrogens (tertiary/aromatic N) is 1. The van der Waals surface area contributed by atoms with Gasteiger partial charge in [0.2, 0.25) is 0 Å². The van der Waals surface area contributed by atoms with Crippen LogP contribution < -0.4 is 5.32 Å². The minimum atomic E-state index is -0.373. The van der Waals surface area contributed by atoms with Gasteiger partial charge in [-0.15, -0.1) is 0 Å². The fourth-order valence-corrected chi connectivity index (χ4v) is 1.85. The van der Waals surface area contributed by atoms with E-state index in [1.165, 1.54) is 12.1 Å². The number of hydrogen-bond acceptors (Lipinski definition) is 2. The predicted molar refractivity (Wildman–Crippen MR) is 68.3 cm³/mol. The molecule has 0 heterocycles. The summed E-state index contributed by atoms with van der Waals surface area (Å²) in [4.78, 5) is 0. The molecule has 0 spiro atoms. The van der Waals surface area contributed by atoms with Gasteiger partial charge in [-0.2, -0.15) is 5.26 Å². The summed E-state index contributed by atoms with van der Waals surface area (Å²) in [5.41, 5.74) is 1.03. The van der Waals surface area contributed by atoms with Crippen LogP contribution in [0.25, 0.3) is 0 Å². The van der Waals surface area contributed by atoms with Crippen molar-refractivity contribution in [1.82, 2.24) is 0 Å². The molecule has 3 heteroatoms. The van der Waals surface area contributed by atoms with Crippen LogP contribution in [0.2, 0.25) is 0 Å². The highest BCUT2D eigenvalue weighted by Gasteiger charge is 2.08. The Kier molecular flexibility index (Phi) is 4.96. The van der Waals surface area contributed by atoms with Crippen LogP contribution in [0.4, 0.5) is 10.1 Å². The molecule has 1 aromatic rings. The minimum Gasteiger partial charge on any atom is -0.382 e. The van der Waals surface area contributed by atoms with Crippen molar-refractivity contribution in [2.75, 3.05) is 5.32 Å². The van der Waals surface area contributed by atoms with E-state index in [0.717, 1.165) is 12.8 Å². The van der Waals surface area contributed by atoms with Crippen LogP contribution in [-0.2, 0) is 0 Å². The molecule has 2 nitrogen and oxygen atoms in total. The van der Waals surface area contributed by atoms with Crippen LogP contribution in [0.3, 0.4) is 0 Å². The van der Waals surface area contributed by atoms with Gasteiger partial charge in [0, 0.05) is 11.7 Å². The summed E-state index contributed by atoms with van der Waals surface area (Å²) < 4.78 is 13.2. The van der Waals surface area contributed by atoms with Gasteiger partial charge < -0.3 is 5.32 Å². The fraction of sp³-hybridized carbons (Fsp3) is 0.500. The van der Waals surface area contributed by atoms with Gasteiger partial charge in [0.15, 0.2) is 0 Å². The van der Waals surface area contributed by atoms with Crippen LogP contribution in [-0.4, -0.2) is 6.04 Å². The maximum atomic E-state index is 13.2. The number of benzene rings is 1. The van der Waals surface area contributed by atoms with E-state index in [2.05, 4.69) is 26.1 Å². The highest BCUT2D eigenvalue weighted by atomic mass is 19.1. The molecule has 0 aliphatic rings. The van der Waals surface area contributed by atoms with Crippen LogP contribution >= 0.6 is 0 Å². The molecule has 2 unspecified atom stereocenters. The highest BCUT2D eigenvalue weighted by molar-refractivity contribution is 5.50. The lowest BCUT2D eigenvalue weighted by Gasteiger charge is -2.18. The average Bonchev–Trinajstić information content (AvgIpc) is 2.27. The van der Waals surface area contributed by atoms with E-state index in [1.807, 2.05) is 6.07 Å². The Labute approximate surface area is 102 Å². The molecule has 2 atom stereocenters. The van der Waals surface area contributed by atoms with Gasteiger partial charge in [0.25, 0.3) is 0 Å². The Morgan fingerprint density at radius 1 is 1.35 bits per heavy atom. The molecular formula is C14H19FN2. The Morgan fingerprint density at radius 2 is 2.06 bits per heavy atom. The quantitative estimate of drug-likeness (QED) is 0.837.